The van der Waals surface area contributed by atoms with E-state index in [-0.39, 0.29) is 0 Å². The molecule has 3 aromatic rings. The number of aromatic nitrogens is 1. The quantitative estimate of drug-likeness (QED) is 0.421. The largest absolute Gasteiger partial charge is 0.493 e. The standard InChI is InChI=1S/C24H26ClNO4/c1-3-24(25,23(27)28)15-13-18-9-11-20(12-10-18)29-16-14-21-17(2)30-22(26-21)19-7-5-4-6-8-19/h4-12H,3,13-16H2,1-2H3,(H,27,28). The number of hydrogen-bond acceptors (Lipinski definition) is 4. The molecule has 158 valence electrons. The molecule has 2 aromatic carbocycles. The Labute approximate surface area is 181 Å². The fourth-order valence-corrected chi connectivity index (χ4v) is 3.25. The van der Waals surface area contributed by atoms with Gasteiger partial charge in [-0.25, -0.2) is 4.98 Å². The van der Waals surface area contributed by atoms with Crippen molar-refractivity contribution in [1.29, 1.82) is 0 Å². The average molecular weight is 428 g/mol. The van der Waals surface area contributed by atoms with Gasteiger partial charge >= 0.3 is 5.97 Å². The molecule has 5 nitrogen and oxygen atoms in total. The summed E-state index contributed by atoms with van der Waals surface area (Å²) in [6.07, 6.45) is 2.02. The van der Waals surface area contributed by atoms with Gasteiger partial charge in [0.1, 0.15) is 16.4 Å². The van der Waals surface area contributed by atoms with Crippen molar-refractivity contribution in [2.45, 2.75) is 44.4 Å². The summed E-state index contributed by atoms with van der Waals surface area (Å²) in [6, 6.07) is 17.5. The molecule has 0 aliphatic carbocycles. The number of carbonyl (C=O) groups is 1. The highest BCUT2D eigenvalue weighted by molar-refractivity contribution is 6.33. The van der Waals surface area contributed by atoms with Crippen molar-refractivity contribution in [2.75, 3.05) is 6.61 Å². The maximum absolute atomic E-state index is 11.3. The van der Waals surface area contributed by atoms with Gasteiger partial charge in [0.15, 0.2) is 0 Å². The van der Waals surface area contributed by atoms with Crippen LogP contribution in [0.25, 0.3) is 11.5 Å². The van der Waals surface area contributed by atoms with Crippen LogP contribution >= 0.6 is 11.6 Å². The predicted molar refractivity (Wildman–Crippen MR) is 117 cm³/mol. The molecule has 0 fully saturated rings. The number of carboxylic acid groups (broad SMARTS) is 1. The second-order valence-corrected chi connectivity index (χ2v) is 7.98. The fraction of sp³-hybridized carbons (Fsp3) is 0.333. The molecule has 30 heavy (non-hydrogen) atoms. The minimum absolute atomic E-state index is 0.385. The van der Waals surface area contributed by atoms with Gasteiger partial charge in [0.05, 0.1) is 12.3 Å². The number of rotatable bonds is 10. The zero-order chi connectivity index (χ0) is 21.6. The monoisotopic (exact) mass is 427 g/mol. The number of aliphatic carboxylic acids is 1. The van der Waals surface area contributed by atoms with Crippen molar-refractivity contribution in [3.63, 3.8) is 0 Å². The van der Waals surface area contributed by atoms with Crippen LogP contribution in [0.1, 0.15) is 36.8 Å². The lowest BCUT2D eigenvalue weighted by molar-refractivity contribution is -0.140. The maximum Gasteiger partial charge on any atom is 0.324 e. The first kappa shape index (κ1) is 21.9. The Bertz CT molecular complexity index is 969. The van der Waals surface area contributed by atoms with E-state index in [1.54, 1.807) is 6.92 Å². The molecular weight excluding hydrogens is 402 g/mol. The summed E-state index contributed by atoms with van der Waals surface area (Å²) in [5.41, 5.74) is 2.87. The Morgan fingerprint density at radius 2 is 1.83 bits per heavy atom. The van der Waals surface area contributed by atoms with Crippen LogP contribution in [-0.2, 0) is 17.6 Å². The van der Waals surface area contributed by atoms with E-state index in [0.29, 0.717) is 38.2 Å². The van der Waals surface area contributed by atoms with Crippen molar-refractivity contribution in [3.8, 4) is 17.2 Å². The number of aryl methyl sites for hydroxylation is 2. The fourth-order valence-electron chi connectivity index (χ4n) is 3.16. The highest BCUT2D eigenvalue weighted by Crippen LogP contribution is 2.27. The van der Waals surface area contributed by atoms with Crippen LogP contribution in [0.4, 0.5) is 0 Å². The third kappa shape index (κ3) is 5.42. The van der Waals surface area contributed by atoms with E-state index in [1.807, 2.05) is 61.5 Å². The number of benzene rings is 2. The maximum atomic E-state index is 11.3. The lowest BCUT2D eigenvalue weighted by atomic mass is 9.96. The van der Waals surface area contributed by atoms with Crippen LogP contribution in [0, 0.1) is 6.92 Å². The first-order chi connectivity index (χ1) is 14.4. The summed E-state index contributed by atoms with van der Waals surface area (Å²) in [5.74, 6) is 1.21. The van der Waals surface area contributed by atoms with Crippen molar-refractivity contribution >= 4 is 17.6 Å². The molecular formula is C24H26ClNO4. The molecule has 0 aliphatic rings. The Morgan fingerprint density at radius 1 is 1.13 bits per heavy atom. The van der Waals surface area contributed by atoms with E-state index >= 15 is 0 Å². The molecule has 0 bridgehead atoms. The molecule has 1 N–H and O–H groups in total. The third-order valence-electron chi connectivity index (χ3n) is 5.20. The van der Waals surface area contributed by atoms with Crippen molar-refractivity contribution in [1.82, 2.24) is 4.98 Å². The van der Waals surface area contributed by atoms with Gasteiger partial charge in [-0.15, -0.1) is 11.6 Å². The first-order valence-electron chi connectivity index (χ1n) is 10.1. The summed E-state index contributed by atoms with van der Waals surface area (Å²) in [7, 11) is 0. The van der Waals surface area contributed by atoms with E-state index in [2.05, 4.69) is 4.98 Å². The summed E-state index contributed by atoms with van der Waals surface area (Å²) >= 11 is 6.18. The molecule has 0 amide bonds. The molecule has 0 spiro atoms. The Morgan fingerprint density at radius 3 is 2.47 bits per heavy atom. The zero-order valence-electron chi connectivity index (χ0n) is 17.2. The summed E-state index contributed by atoms with van der Waals surface area (Å²) in [5, 5.41) is 9.27. The van der Waals surface area contributed by atoms with Crippen LogP contribution < -0.4 is 4.74 Å². The first-order valence-corrected chi connectivity index (χ1v) is 10.4. The molecule has 6 heteroatoms. The van der Waals surface area contributed by atoms with Crippen LogP contribution in [0.5, 0.6) is 5.75 Å². The van der Waals surface area contributed by atoms with Gasteiger partial charge in [-0.3, -0.25) is 4.79 Å². The SMILES string of the molecule is CCC(Cl)(CCc1ccc(OCCc2nc(-c3ccccc3)oc2C)cc1)C(=O)O. The van der Waals surface area contributed by atoms with Gasteiger partial charge in [0.25, 0.3) is 0 Å². The lowest BCUT2D eigenvalue weighted by Crippen LogP contribution is -2.32. The van der Waals surface area contributed by atoms with E-state index in [1.165, 1.54) is 0 Å². The molecule has 0 saturated heterocycles. The van der Waals surface area contributed by atoms with Gasteiger partial charge in [-0.1, -0.05) is 37.3 Å². The van der Waals surface area contributed by atoms with E-state index in [9.17, 15) is 9.90 Å². The topological polar surface area (TPSA) is 72.6 Å². The smallest absolute Gasteiger partial charge is 0.324 e. The molecule has 1 unspecified atom stereocenters. The minimum atomic E-state index is -1.21. The number of halogens is 1. The second kappa shape index (κ2) is 9.81. The number of carboxylic acids is 1. The van der Waals surface area contributed by atoms with Crippen molar-refractivity contribution in [3.05, 3.63) is 71.6 Å². The van der Waals surface area contributed by atoms with E-state index in [4.69, 9.17) is 20.8 Å². The van der Waals surface area contributed by atoms with Gasteiger partial charge in [0.2, 0.25) is 5.89 Å². The average Bonchev–Trinajstić information content (AvgIpc) is 3.14. The molecule has 0 saturated carbocycles. The van der Waals surface area contributed by atoms with Crippen molar-refractivity contribution in [2.24, 2.45) is 0 Å². The third-order valence-corrected chi connectivity index (χ3v) is 5.82. The molecule has 3 rings (SSSR count). The normalized spacial score (nSPS) is 13.0. The molecule has 1 atom stereocenters. The molecule has 0 radical (unpaired) electrons. The second-order valence-electron chi connectivity index (χ2n) is 7.25. The van der Waals surface area contributed by atoms with Gasteiger partial charge in [0, 0.05) is 12.0 Å². The molecule has 1 aromatic heterocycles. The molecule has 1 heterocycles. The van der Waals surface area contributed by atoms with Crippen LogP contribution in [0.3, 0.4) is 0 Å². The number of oxazole rings is 1. The molecule has 0 aliphatic heterocycles. The van der Waals surface area contributed by atoms with Gasteiger partial charge < -0.3 is 14.3 Å². The van der Waals surface area contributed by atoms with Crippen LogP contribution in [0.15, 0.2) is 59.0 Å². The number of nitrogens with zero attached hydrogens (tertiary/aromatic N) is 1. The number of ether oxygens (including phenoxy) is 1. The Balaban J connectivity index is 1.51. The summed E-state index contributed by atoms with van der Waals surface area (Å²) in [4.78, 5) is 14.7. The lowest BCUT2D eigenvalue weighted by Gasteiger charge is -2.20. The van der Waals surface area contributed by atoms with E-state index in [0.717, 1.165) is 28.3 Å². The Hall–Kier alpha value is -2.79. The zero-order valence-corrected chi connectivity index (χ0v) is 18.0. The minimum Gasteiger partial charge on any atom is -0.493 e. The number of hydrogen-bond donors (Lipinski definition) is 1. The van der Waals surface area contributed by atoms with Crippen molar-refractivity contribution < 1.29 is 19.1 Å². The van der Waals surface area contributed by atoms with Crippen LogP contribution in [-0.4, -0.2) is 27.5 Å². The predicted octanol–water partition coefficient (Wildman–Crippen LogP) is 5.68. The highest BCUT2D eigenvalue weighted by Gasteiger charge is 2.33. The summed E-state index contributed by atoms with van der Waals surface area (Å²) < 4.78 is 11.6. The highest BCUT2D eigenvalue weighted by atomic mass is 35.5. The van der Waals surface area contributed by atoms with Crippen LogP contribution in [0.2, 0.25) is 0 Å². The van der Waals surface area contributed by atoms with Gasteiger partial charge in [-0.05, 0) is 56.0 Å². The number of alkyl halides is 1. The Kier molecular flexibility index (Phi) is 7.16. The summed E-state index contributed by atoms with van der Waals surface area (Å²) in [6.45, 7) is 4.19. The van der Waals surface area contributed by atoms with Gasteiger partial charge in [-0.2, -0.15) is 0 Å². The van der Waals surface area contributed by atoms with E-state index < -0.39 is 10.8 Å².